The smallest absolute Gasteiger partial charge is 0.00854 e. The van der Waals surface area contributed by atoms with E-state index in [1.165, 1.54) is 35.1 Å². The molecule has 0 spiro atoms. The zero-order chi connectivity index (χ0) is 9.26. The predicted octanol–water partition coefficient (Wildman–Crippen LogP) is 3.60. The van der Waals surface area contributed by atoms with Gasteiger partial charge >= 0.3 is 0 Å². The van der Waals surface area contributed by atoms with Crippen LogP contribution in [0.5, 0.6) is 0 Å². The maximum Gasteiger partial charge on any atom is -0.00854 e. The minimum atomic E-state index is 1.14. The number of benzene rings is 1. The van der Waals surface area contributed by atoms with Crippen molar-refractivity contribution in [1.29, 1.82) is 0 Å². The molecule has 0 unspecified atom stereocenters. The van der Waals surface area contributed by atoms with Gasteiger partial charge < -0.3 is 0 Å². The van der Waals surface area contributed by atoms with Gasteiger partial charge in [0.25, 0.3) is 0 Å². The zero-order valence-electron chi connectivity index (χ0n) is 8.43. The second-order valence-corrected chi connectivity index (χ2v) is 3.79. The SMILES string of the molecule is CCCc1cccc2c1C(C)=CC2. The summed E-state index contributed by atoms with van der Waals surface area (Å²) >= 11 is 0. The maximum absolute atomic E-state index is 2.34. The van der Waals surface area contributed by atoms with Crippen LogP contribution < -0.4 is 0 Å². The van der Waals surface area contributed by atoms with Crippen LogP contribution in [0.2, 0.25) is 0 Å². The topological polar surface area (TPSA) is 0 Å². The van der Waals surface area contributed by atoms with E-state index in [4.69, 9.17) is 0 Å². The van der Waals surface area contributed by atoms with Crippen LogP contribution >= 0.6 is 0 Å². The molecule has 0 radical (unpaired) electrons. The molecule has 0 amide bonds. The van der Waals surface area contributed by atoms with Gasteiger partial charge in [-0.3, -0.25) is 0 Å². The highest BCUT2D eigenvalue weighted by molar-refractivity contribution is 5.74. The normalized spacial score (nSPS) is 14.2. The standard InChI is InChI=1S/C13H16/c1-3-5-11-6-4-7-12-9-8-10(2)13(11)12/h4,6-8H,3,5,9H2,1-2H3. The zero-order valence-corrected chi connectivity index (χ0v) is 8.43. The molecule has 2 rings (SSSR count). The van der Waals surface area contributed by atoms with Crippen molar-refractivity contribution >= 4 is 5.57 Å². The van der Waals surface area contributed by atoms with Crippen molar-refractivity contribution in [2.24, 2.45) is 0 Å². The predicted molar refractivity (Wildman–Crippen MR) is 57.8 cm³/mol. The van der Waals surface area contributed by atoms with Gasteiger partial charge in [-0.25, -0.2) is 0 Å². The molecule has 1 aliphatic rings. The van der Waals surface area contributed by atoms with E-state index >= 15 is 0 Å². The molecule has 0 heterocycles. The number of hydrogen-bond donors (Lipinski definition) is 0. The van der Waals surface area contributed by atoms with Crippen molar-refractivity contribution < 1.29 is 0 Å². The molecule has 0 bridgehead atoms. The molecule has 1 aliphatic carbocycles. The summed E-state index contributed by atoms with van der Waals surface area (Å²) in [6.07, 6.45) is 5.93. The number of allylic oxidation sites excluding steroid dienone is 2. The van der Waals surface area contributed by atoms with E-state index in [-0.39, 0.29) is 0 Å². The van der Waals surface area contributed by atoms with Crippen molar-refractivity contribution in [3.63, 3.8) is 0 Å². The second-order valence-electron chi connectivity index (χ2n) is 3.79. The molecule has 0 aliphatic heterocycles. The van der Waals surface area contributed by atoms with E-state index in [1.807, 2.05) is 0 Å². The van der Waals surface area contributed by atoms with Gasteiger partial charge in [0.05, 0.1) is 0 Å². The summed E-state index contributed by atoms with van der Waals surface area (Å²) in [6, 6.07) is 6.71. The third-order valence-electron chi connectivity index (χ3n) is 2.78. The molecule has 0 heteroatoms. The van der Waals surface area contributed by atoms with Crippen LogP contribution in [-0.2, 0) is 12.8 Å². The van der Waals surface area contributed by atoms with Gasteiger partial charge in [0, 0.05) is 0 Å². The Kier molecular flexibility index (Phi) is 2.22. The summed E-state index contributed by atoms with van der Waals surface area (Å²) in [6.45, 7) is 4.47. The molecule has 0 atom stereocenters. The summed E-state index contributed by atoms with van der Waals surface area (Å²) in [5.41, 5.74) is 6.05. The molecular formula is C13H16. The number of hydrogen-bond acceptors (Lipinski definition) is 0. The Balaban J connectivity index is 2.47. The number of aryl methyl sites for hydroxylation is 1. The molecule has 0 aromatic heterocycles. The van der Waals surface area contributed by atoms with Gasteiger partial charge in [0.2, 0.25) is 0 Å². The van der Waals surface area contributed by atoms with E-state index in [2.05, 4.69) is 38.1 Å². The minimum absolute atomic E-state index is 1.14. The first-order valence-electron chi connectivity index (χ1n) is 5.11. The second kappa shape index (κ2) is 3.37. The van der Waals surface area contributed by atoms with Crippen molar-refractivity contribution in [2.45, 2.75) is 33.1 Å². The lowest BCUT2D eigenvalue weighted by Gasteiger charge is -2.08. The molecule has 0 saturated heterocycles. The van der Waals surface area contributed by atoms with Crippen LogP contribution in [0.3, 0.4) is 0 Å². The third kappa shape index (κ3) is 1.41. The molecule has 68 valence electrons. The van der Waals surface area contributed by atoms with Gasteiger partial charge in [-0.2, -0.15) is 0 Å². The highest BCUT2D eigenvalue weighted by atomic mass is 14.2. The molecule has 0 N–H and O–H groups in total. The Labute approximate surface area is 80.3 Å². The fraction of sp³-hybridized carbons (Fsp3) is 0.385. The highest BCUT2D eigenvalue weighted by Crippen LogP contribution is 2.30. The van der Waals surface area contributed by atoms with Crippen molar-refractivity contribution in [3.8, 4) is 0 Å². The molecule has 0 fully saturated rings. The highest BCUT2D eigenvalue weighted by Gasteiger charge is 2.13. The number of fused-ring (bicyclic) bond motifs is 1. The Hall–Kier alpha value is -1.04. The summed E-state index contributed by atoms with van der Waals surface area (Å²) < 4.78 is 0. The summed E-state index contributed by atoms with van der Waals surface area (Å²) in [7, 11) is 0. The van der Waals surface area contributed by atoms with Crippen LogP contribution in [0, 0.1) is 0 Å². The third-order valence-corrected chi connectivity index (χ3v) is 2.78. The van der Waals surface area contributed by atoms with Gasteiger partial charge in [-0.05, 0) is 42.0 Å². The van der Waals surface area contributed by atoms with Crippen LogP contribution in [-0.4, -0.2) is 0 Å². The Morgan fingerprint density at radius 3 is 2.92 bits per heavy atom. The van der Waals surface area contributed by atoms with Gasteiger partial charge in [-0.15, -0.1) is 0 Å². The average Bonchev–Trinajstić information content (AvgIpc) is 2.50. The maximum atomic E-state index is 2.34. The lowest BCUT2D eigenvalue weighted by Crippen LogP contribution is -1.92. The quantitative estimate of drug-likeness (QED) is 0.639. The molecular weight excluding hydrogens is 156 g/mol. The first-order chi connectivity index (χ1) is 6.33. The molecule has 0 nitrogen and oxygen atoms in total. The molecule has 13 heavy (non-hydrogen) atoms. The van der Waals surface area contributed by atoms with E-state index in [9.17, 15) is 0 Å². The molecule has 1 aromatic carbocycles. The summed E-state index contributed by atoms with van der Waals surface area (Å²) in [5, 5.41) is 0. The van der Waals surface area contributed by atoms with Gasteiger partial charge in [0.15, 0.2) is 0 Å². The van der Waals surface area contributed by atoms with Crippen molar-refractivity contribution in [2.75, 3.05) is 0 Å². The Bertz CT molecular complexity index is 345. The fourth-order valence-electron chi connectivity index (χ4n) is 2.17. The first-order valence-corrected chi connectivity index (χ1v) is 5.11. The number of rotatable bonds is 2. The average molecular weight is 172 g/mol. The van der Waals surface area contributed by atoms with Crippen molar-refractivity contribution in [1.82, 2.24) is 0 Å². The van der Waals surface area contributed by atoms with E-state index in [0.717, 1.165) is 6.42 Å². The summed E-state index contributed by atoms with van der Waals surface area (Å²) in [5.74, 6) is 0. The van der Waals surface area contributed by atoms with Crippen LogP contribution in [0.25, 0.3) is 5.57 Å². The Morgan fingerprint density at radius 1 is 1.31 bits per heavy atom. The summed E-state index contributed by atoms with van der Waals surface area (Å²) in [4.78, 5) is 0. The van der Waals surface area contributed by atoms with Crippen LogP contribution in [0.1, 0.15) is 37.0 Å². The largest absolute Gasteiger partial charge is 0.0766 e. The Morgan fingerprint density at radius 2 is 2.15 bits per heavy atom. The van der Waals surface area contributed by atoms with E-state index in [0.29, 0.717) is 0 Å². The minimum Gasteiger partial charge on any atom is -0.0766 e. The molecule has 1 aromatic rings. The monoisotopic (exact) mass is 172 g/mol. The lowest BCUT2D eigenvalue weighted by molar-refractivity contribution is 0.916. The fourth-order valence-corrected chi connectivity index (χ4v) is 2.17. The van der Waals surface area contributed by atoms with Gasteiger partial charge in [0.1, 0.15) is 0 Å². The van der Waals surface area contributed by atoms with Crippen LogP contribution in [0.15, 0.2) is 24.3 Å². The lowest BCUT2D eigenvalue weighted by atomic mass is 9.97. The van der Waals surface area contributed by atoms with Crippen molar-refractivity contribution in [3.05, 3.63) is 41.0 Å². The van der Waals surface area contributed by atoms with E-state index < -0.39 is 0 Å². The molecule has 0 saturated carbocycles. The van der Waals surface area contributed by atoms with Crippen LogP contribution in [0.4, 0.5) is 0 Å². The van der Waals surface area contributed by atoms with Gasteiger partial charge in [-0.1, -0.05) is 37.6 Å². The first kappa shape index (κ1) is 8.55. The van der Waals surface area contributed by atoms with E-state index in [1.54, 1.807) is 0 Å².